The van der Waals surface area contributed by atoms with Gasteiger partial charge in [0.1, 0.15) is 24.8 Å². The molecule has 0 atom stereocenters. The van der Waals surface area contributed by atoms with Crippen LogP contribution in [0.1, 0.15) is 11.1 Å². The summed E-state index contributed by atoms with van der Waals surface area (Å²) in [4.78, 5) is 10.4. The molecule has 0 amide bonds. The van der Waals surface area contributed by atoms with E-state index in [1.54, 1.807) is 18.2 Å². The first-order chi connectivity index (χ1) is 12.0. The number of carboxylic acid groups (broad SMARTS) is 1. The maximum absolute atomic E-state index is 13.6. The SMILES string of the molecule is COc1cc(CCOCC(=O)O)ccc1OCc1cc(F)ccc1F. The normalized spacial score (nSPS) is 10.5. The van der Waals surface area contributed by atoms with E-state index in [0.717, 1.165) is 23.8 Å². The van der Waals surface area contributed by atoms with Crippen molar-refractivity contribution in [3.63, 3.8) is 0 Å². The summed E-state index contributed by atoms with van der Waals surface area (Å²) in [6, 6.07) is 8.32. The minimum atomic E-state index is -1.02. The Labute approximate surface area is 143 Å². The van der Waals surface area contributed by atoms with Crippen molar-refractivity contribution in [1.29, 1.82) is 0 Å². The van der Waals surface area contributed by atoms with E-state index in [0.29, 0.717) is 17.9 Å². The zero-order valence-electron chi connectivity index (χ0n) is 13.6. The molecule has 0 heterocycles. The summed E-state index contributed by atoms with van der Waals surface area (Å²) in [5.74, 6) is -1.28. The van der Waals surface area contributed by atoms with Crippen molar-refractivity contribution in [2.45, 2.75) is 13.0 Å². The van der Waals surface area contributed by atoms with Crippen LogP contribution in [0.5, 0.6) is 11.5 Å². The smallest absolute Gasteiger partial charge is 0.329 e. The molecule has 2 rings (SSSR count). The Morgan fingerprint density at radius 3 is 2.64 bits per heavy atom. The van der Waals surface area contributed by atoms with Gasteiger partial charge in [0.25, 0.3) is 0 Å². The van der Waals surface area contributed by atoms with Gasteiger partial charge in [0.05, 0.1) is 13.7 Å². The minimum absolute atomic E-state index is 0.105. The zero-order chi connectivity index (χ0) is 18.2. The summed E-state index contributed by atoms with van der Waals surface area (Å²) in [5, 5.41) is 8.51. The molecule has 1 N–H and O–H groups in total. The van der Waals surface area contributed by atoms with Crippen LogP contribution in [-0.4, -0.2) is 31.4 Å². The van der Waals surface area contributed by atoms with Gasteiger partial charge in [0.2, 0.25) is 0 Å². The van der Waals surface area contributed by atoms with Crippen molar-refractivity contribution in [2.75, 3.05) is 20.3 Å². The molecule has 0 radical (unpaired) electrons. The number of rotatable bonds is 9. The fraction of sp³-hybridized carbons (Fsp3) is 0.278. The predicted octanol–water partition coefficient (Wildman–Crippen LogP) is 3.20. The van der Waals surface area contributed by atoms with Crippen molar-refractivity contribution in [2.24, 2.45) is 0 Å². The van der Waals surface area contributed by atoms with Crippen molar-refractivity contribution < 1.29 is 32.9 Å². The zero-order valence-corrected chi connectivity index (χ0v) is 13.6. The highest BCUT2D eigenvalue weighted by atomic mass is 19.1. The molecule has 0 aromatic heterocycles. The van der Waals surface area contributed by atoms with Crippen LogP contribution in [0.25, 0.3) is 0 Å². The third-order valence-corrected chi connectivity index (χ3v) is 3.38. The lowest BCUT2D eigenvalue weighted by molar-refractivity contribution is -0.142. The Balaban J connectivity index is 1.98. The van der Waals surface area contributed by atoms with E-state index in [1.807, 2.05) is 0 Å². The molecule has 25 heavy (non-hydrogen) atoms. The van der Waals surface area contributed by atoms with Crippen LogP contribution in [0.15, 0.2) is 36.4 Å². The average molecular weight is 352 g/mol. The standard InChI is InChI=1S/C18H18F2O5/c1-23-17-8-12(6-7-24-11-18(21)22)2-5-16(17)25-10-13-9-14(19)3-4-15(13)20/h2-5,8-9H,6-7,10-11H2,1H3,(H,21,22). The first-order valence-electron chi connectivity index (χ1n) is 7.52. The molecular formula is C18H18F2O5. The number of benzene rings is 2. The first-order valence-corrected chi connectivity index (χ1v) is 7.52. The van der Waals surface area contributed by atoms with Crippen molar-refractivity contribution in [1.82, 2.24) is 0 Å². The summed E-state index contributed by atoms with van der Waals surface area (Å²) in [6.07, 6.45) is 0.502. The second-order valence-electron chi connectivity index (χ2n) is 5.21. The van der Waals surface area contributed by atoms with Gasteiger partial charge in [-0.15, -0.1) is 0 Å². The number of carbonyl (C=O) groups is 1. The quantitative estimate of drug-likeness (QED) is 0.702. The van der Waals surface area contributed by atoms with Gasteiger partial charge in [0.15, 0.2) is 11.5 Å². The molecule has 0 saturated carbocycles. The number of hydrogen-bond donors (Lipinski definition) is 1. The Kier molecular flexibility index (Phi) is 6.71. The van der Waals surface area contributed by atoms with Gasteiger partial charge < -0.3 is 19.3 Å². The monoisotopic (exact) mass is 352 g/mol. The van der Waals surface area contributed by atoms with Crippen molar-refractivity contribution in [3.05, 3.63) is 59.2 Å². The van der Waals surface area contributed by atoms with Gasteiger partial charge in [-0.05, 0) is 42.3 Å². The number of hydrogen-bond acceptors (Lipinski definition) is 4. The van der Waals surface area contributed by atoms with Crippen molar-refractivity contribution >= 4 is 5.97 Å². The van der Waals surface area contributed by atoms with Crippen LogP contribution in [0, 0.1) is 11.6 Å². The topological polar surface area (TPSA) is 65.0 Å². The van der Waals surface area contributed by atoms with Gasteiger partial charge in [-0.2, -0.15) is 0 Å². The molecule has 5 nitrogen and oxygen atoms in total. The number of carboxylic acids is 1. The predicted molar refractivity (Wildman–Crippen MR) is 85.8 cm³/mol. The van der Waals surface area contributed by atoms with Crippen LogP contribution in [0.4, 0.5) is 8.78 Å². The molecule has 0 unspecified atom stereocenters. The molecule has 0 spiro atoms. The summed E-state index contributed by atoms with van der Waals surface area (Å²) in [6.45, 7) is -0.233. The Morgan fingerprint density at radius 2 is 1.92 bits per heavy atom. The van der Waals surface area contributed by atoms with Crippen LogP contribution in [0.3, 0.4) is 0 Å². The van der Waals surface area contributed by atoms with Gasteiger partial charge in [0, 0.05) is 5.56 Å². The fourth-order valence-corrected chi connectivity index (χ4v) is 2.15. The maximum Gasteiger partial charge on any atom is 0.329 e. The molecule has 134 valence electrons. The highest BCUT2D eigenvalue weighted by Crippen LogP contribution is 2.29. The molecule has 0 aliphatic rings. The summed E-state index contributed by atoms with van der Waals surface area (Å²) < 4.78 is 42.5. The molecule has 0 fully saturated rings. The third kappa shape index (κ3) is 5.72. The minimum Gasteiger partial charge on any atom is -0.493 e. The third-order valence-electron chi connectivity index (χ3n) is 3.38. The van der Waals surface area contributed by atoms with E-state index < -0.39 is 17.6 Å². The second-order valence-corrected chi connectivity index (χ2v) is 5.21. The lowest BCUT2D eigenvalue weighted by Gasteiger charge is -2.13. The van der Waals surface area contributed by atoms with E-state index in [9.17, 15) is 13.6 Å². The van der Waals surface area contributed by atoms with Crippen LogP contribution < -0.4 is 9.47 Å². The van der Waals surface area contributed by atoms with Gasteiger partial charge in [-0.25, -0.2) is 13.6 Å². The Morgan fingerprint density at radius 1 is 1.12 bits per heavy atom. The van der Waals surface area contributed by atoms with Gasteiger partial charge in [-0.1, -0.05) is 6.07 Å². The van der Waals surface area contributed by atoms with Crippen LogP contribution >= 0.6 is 0 Å². The van der Waals surface area contributed by atoms with E-state index >= 15 is 0 Å². The summed E-state index contributed by atoms with van der Waals surface area (Å²) in [7, 11) is 1.47. The summed E-state index contributed by atoms with van der Waals surface area (Å²) >= 11 is 0. The molecule has 0 saturated heterocycles. The molecular weight excluding hydrogens is 334 g/mol. The lowest BCUT2D eigenvalue weighted by atomic mass is 10.1. The van der Waals surface area contributed by atoms with E-state index in [4.69, 9.17) is 19.3 Å². The van der Waals surface area contributed by atoms with Crippen LogP contribution in [-0.2, 0) is 22.6 Å². The molecule has 0 bridgehead atoms. The average Bonchev–Trinajstić information content (AvgIpc) is 2.59. The number of aliphatic carboxylic acids is 1. The number of halogens is 2. The largest absolute Gasteiger partial charge is 0.493 e. The van der Waals surface area contributed by atoms with E-state index in [2.05, 4.69) is 0 Å². The molecule has 7 heteroatoms. The molecule has 0 aliphatic heterocycles. The fourth-order valence-electron chi connectivity index (χ4n) is 2.15. The first kappa shape index (κ1) is 18.7. The molecule has 2 aromatic carbocycles. The van der Waals surface area contributed by atoms with Gasteiger partial charge >= 0.3 is 5.97 Å². The van der Waals surface area contributed by atoms with Crippen molar-refractivity contribution in [3.8, 4) is 11.5 Å². The van der Waals surface area contributed by atoms with E-state index in [-0.39, 0.29) is 25.4 Å². The number of methoxy groups -OCH3 is 1. The van der Waals surface area contributed by atoms with Crippen LogP contribution in [0.2, 0.25) is 0 Å². The Bertz CT molecular complexity index is 733. The Hall–Kier alpha value is -2.67. The van der Waals surface area contributed by atoms with Gasteiger partial charge in [-0.3, -0.25) is 0 Å². The highest BCUT2D eigenvalue weighted by molar-refractivity contribution is 5.67. The molecule has 0 aliphatic carbocycles. The second kappa shape index (κ2) is 8.98. The maximum atomic E-state index is 13.6. The summed E-state index contributed by atoms with van der Waals surface area (Å²) in [5.41, 5.74) is 0.972. The lowest BCUT2D eigenvalue weighted by Crippen LogP contribution is -2.09. The highest BCUT2D eigenvalue weighted by Gasteiger charge is 2.09. The van der Waals surface area contributed by atoms with E-state index in [1.165, 1.54) is 7.11 Å². The number of ether oxygens (including phenoxy) is 3. The molecule has 2 aromatic rings.